The van der Waals surface area contributed by atoms with Crippen molar-refractivity contribution in [1.29, 1.82) is 0 Å². The van der Waals surface area contributed by atoms with Crippen LogP contribution in [0.5, 0.6) is 0 Å². The second kappa shape index (κ2) is 61.8. The van der Waals surface area contributed by atoms with Gasteiger partial charge in [0.25, 0.3) is 0 Å². The van der Waals surface area contributed by atoms with Crippen LogP contribution in [0.4, 0.5) is 0 Å². The predicted octanol–water partition coefficient (Wildman–Crippen LogP) is 18.7. The van der Waals surface area contributed by atoms with Crippen LogP contribution >= 0.6 is 0 Å². The summed E-state index contributed by atoms with van der Waals surface area (Å²) < 4.78 is 22.8. The Morgan fingerprint density at radius 3 is 1.05 bits per heavy atom. The SMILES string of the molecule is CC/C=C\C/C=C\C/C=C\C/C=C\C/C=C\C/C=C\C/C=C\CCCCCCCCCC(=O)OC(COC(=O)CCCCCCCCCCCCCC/C=C\C/C=C\C/C=C\CCCCCCC)COC(OCC[N+](C)(C)C)C(=O)[O-]. The second-order valence-corrected chi connectivity index (χ2v) is 22.7. The summed E-state index contributed by atoms with van der Waals surface area (Å²) in [5.41, 5.74) is 0. The molecule has 0 bridgehead atoms. The maximum atomic E-state index is 12.9. The van der Waals surface area contributed by atoms with Gasteiger partial charge in [0.1, 0.15) is 13.2 Å². The van der Waals surface area contributed by atoms with Gasteiger partial charge in [0, 0.05) is 12.8 Å². The normalized spacial score (nSPS) is 13.5. The van der Waals surface area contributed by atoms with Gasteiger partial charge in [-0.1, -0.05) is 257 Å². The third-order valence-corrected chi connectivity index (χ3v) is 13.7. The van der Waals surface area contributed by atoms with Crippen LogP contribution in [0, 0.1) is 0 Å². The summed E-state index contributed by atoms with van der Waals surface area (Å²) in [5.74, 6) is -2.31. The van der Waals surface area contributed by atoms with E-state index >= 15 is 0 Å². The molecule has 0 N–H and O–H groups in total. The Labute approximate surface area is 497 Å². The van der Waals surface area contributed by atoms with E-state index in [1.165, 1.54) is 122 Å². The molecule has 0 saturated heterocycles. The van der Waals surface area contributed by atoms with Crippen LogP contribution in [0.1, 0.15) is 258 Å². The fourth-order valence-electron chi connectivity index (χ4n) is 8.70. The number of ether oxygens (including phenoxy) is 4. The number of carboxylic acid groups (broad SMARTS) is 1. The Hall–Kier alpha value is -4.31. The first-order valence-electron chi connectivity index (χ1n) is 32.7. The van der Waals surface area contributed by atoms with Gasteiger partial charge in [-0.05, 0) is 109 Å². The summed E-state index contributed by atoms with van der Waals surface area (Å²) in [6.07, 6.45) is 84.0. The Bertz CT molecular complexity index is 1740. The van der Waals surface area contributed by atoms with Crippen molar-refractivity contribution in [3.63, 3.8) is 0 Å². The number of nitrogens with zero attached hydrogens (tertiary/aromatic N) is 1. The number of likely N-dealkylation sites (N-methyl/N-ethyl adjacent to an activating group) is 1. The number of hydrogen-bond acceptors (Lipinski definition) is 8. The smallest absolute Gasteiger partial charge is 0.306 e. The van der Waals surface area contributed by atoms with Crippen LogP contribution < -0.4 is 5.11 Å². The largest absolute Gasteiger partial charge is 0.545 e. The third-order valence-electron chi connectivity index (χ3n) is 13.7. The van der Waals surface area contributed by atoms with Gasteiger partial charge < -0.3 is 33.3 Å². The molecule has 0 radical (unpaired) electrons. The molecule has 0 aliphatic rings. The van der Waals surface area contributed by atoms with E-state index in [2.05, 4.69) is 135 Å². The minimum atomic E-state index is -1.63. The molecule has 0 aromatic carbocycles. The molecule has 2 atom stereocenters. The van der Waals surface area contributed by atoms with Crippen molar-refractivity contribution in [3.05, 3.63) is 122 Å². The topological polar surface area (TPSA) is 111 Å². The lowest BCUT2D eigenvalue weighted by Crippen LogP contribution is -2.44. The summed E-state index contributed by atoms with van der Waals surface area (Å²) in [6, 6.07) is 0. The highest BCUT2D eigenvalue weighted by atomic mass is 16.7. The van der Waals surface area contributed by atoms with E-state index in [-0.39, 0.29) is 38.6 Å². The molecule has 462 valence electrons. The van der Waals surface area contributed by atoms with Crippen LogP contribution in [0.2, 0.25) is 0 Å². The molecule has 0 fully saturated rings. The zero-order valence-electron chi connectivity index (χ0n) is 52.6. The maximum absolute atomic E-state index is 12.9. The number of aliphatic carboxylic acids is 1. The minimum Gasteiger partial charge on any atom is -0.545 e. The summed E-state index contributed by atoms with van der Waals surface area (Å²) in [5, 5.41) is 11.8. The lowest BCUT2D eigenvalue weighted by Gasteiger charge is -2.26. The van der Waals surface area contributed by atoms with Crippen LogP contribution in [0.15, 0.2) is 122 Å². The van der Waals surface area contributed by atoms with Crippen LogP contribution in [-0.2, 0) is 33.3 Å². The standard InChI is InChI=1S/C72H121NO8/c1-6-8-10-12-14-16-18-20-22-24-26-28-30-32-34-35-37-39-41-43-45-47-49-51-53-55-57-59-61-63-70(75)81-68(67-80-72(71(76)77)78-65-64-73(3,4)5)66-79-69(74)62-60-58-56-54-52-50-48-46-44-42-40-38-36-33-31-29-27-25-23-21-19-17-15-13-11-9-7-2/h8,10,14,16,19-22,25-28,31-34,37,39,43,45,68,72H,6-7,9,11-13,15,17-18,23-24,29-30,35-36,38,40-42,44,46-67H2,1-5H3/b10-8-,16-14-,21-19-,22-20-,27-25-,28-26-,33-31-,34-32-,39-37-,45-43-. The number of rotatable bonds is 59. The van der Waals surface area contributed by atoms with Crippen LogP contribution in [-0.4, -0.2) is 82.3 Å². The van der Waals surface area contributed by atoms with Gasteiger partial charge in [0.15, 0.2) is 12.4 Å². The molecule has 0 spiro atoms. The molecule has 2 unspecified atom stereocenters. The minimum absolute atomic E-state index is 0.139. The number of carboxylic acids is 1. The second-order valence-electron chi connectivity index (χ2n) is 22.7. The van der Waals surface area contributed by atoms with Crippen LogP contribution in [0.3, 0.4) is 0 Å². The molecule has 0 aliphatic carbocycles. The fraction of sp³-hybridized carbons (Fsp3) is 0.681. The highest BCUT2D eigenvalue weighted by Crippen LogP contribution is 2.16. The van der Waals surface area contributed by atoms with Gasteiger partial charge in [0.05, 0.1) is 40.3 Å². The van der Waals surface area contributed by atoms with E-state index in [9.17, 15) is 19.5 Å². The zero-order chi connectivity index (χ0) is 59.1. The molecular formula is C72H121NO8. The zero-order valence-corrected chi connectivity index (χ0v) is 52.6. The van der Waals surface area contributed by atoms with E-state index < -0.39 is 24.3 Å². The summed E-state index contributed by atoms with van der Waals surface area (Å²) in [4.78, 5) is 37.4. The quantitative estimate of drug-likeness (QED) is 0.0195. The van der Waals surface area contributed by atoms with E-state index in [4.69, 9.17) is 18.9 Å². The first-order valence-corrected chi connectivity index (χ1v) is 32.7. The van der Waals surface area contributed by atoms with E-state index in [0.29, 0.717) is 17.4 Å². The lowest BCUT2D eigenvalue weighted by atomic mass is 10.0. The van der Waals surface area contributed by atoms with Crippen molar-refractivity contribution in [2.24, 2.45) is 0 Å². The van der Waals surface area contributed by atoms with Gasteiger partial charge in [-0.2, -0.15) is 0 Å². The molecule has 0 heterocycles. The Morgan fingerprint density at radius 2 is 0.704 bits per heavy atom. The molecule has 9 nitrogen and oxygen atoms in total. The Balaban J connectivity index is 4.24. The van der Waals surface area contributed by atoms with Gasteiger partial charge >= 0.3 is 11.9 Å². The van der Waals surface area contributed by atoms with E-state index in [1.54, 1.807) is 0 Å². The molecule has 0 amide bonds. The number of quaternary nitrogens is 1. The maximum Gasteiger partial charge on any atom is 0.306 e. The van der Waals surface area contributed by atoms with Crippen molar-refractivity contribution in [2.45, 2.75) is 270 Å². The van der Waals surface area contributed by atoms with Crippen molar-refractivity contribution >= 4 is 17.9 Å². The van der Waals surface area contributed by atoms with E-state index in [1.807, 2.05) is 21.1 Å². The molecule has 9 heteroatoms. The van der Waals surface area contributed by atoms with Crippen molar-refractivity contribution in [1.82, 2.24) is 0 Å². The van der Waals surface area contributed by atoms with Gasteiger partial charge in [-0.25, -0.2) is 0 Å². The molecule has 0 aromatic heterocycles. The fourth-order valence-corrected chi connectivity index (χ4v) is 8.70. The number of carbonyl (C=O) groups excluding carboxylic acids is 3. The summed E-state index contributed by atoms with van der Waals surface area (Å²) in [7, 11) is 5.92. The van der Waals surface area contributed by atoms with Crippen molar-refractivity contribution in [2.75, 3.05) is 47.5 Å². The average Bonchev–Trinajstić information content (AvgIpc) is 3.44. The molecule has 0 rings (SSSR count). The van der Waals surface area contributed by atoms with Gasteiger partial charge in [-0.3, -0.25) is 9.59 Å². The molecule has 0 saturated carbocycles. The van der Waals surface area contributed by atoms with Gasteiger partial charge in [-0.15, -0.1) is 0 Å². The van der Waals surface area contributed by atoms with Crippen LogP contribution in [0.25, 0.3) is 0 Å². The number of unbranched alkanes of at least 4 members (excludes halogenated alkanes) is 24. The predicted molar refractivity (Wildman–Crippen MR) is 343 cm³/mol. The average molecular weight is 1130 g/mol. The molecular weight excluding hydrogens is 1010 g/mol. The highest BCUT2D eigenvalue weighted by molar-refractivity contribution is 5.70. The lowest BCUT2D eigenvalue weighted by molar-refractivity contribution is -0.870. The number of esters is 2. The first kappa shape index (κ1) is 76.7. The summed E-state index contributed by atoms with van der Waals surface area (Å²) >= 11 is 0. The number of allylic oxidation sites excluding steroid dienone is 20. The van der Waals surface area contributed by atoms with Crippen molar-refractivity contribution in [3.8, 4) is 0 Å². The van der Waals surface area contributed by atoms with Crippen molar-refractivity contribution < 1.29 is 42.9 Å². The monoisotopic (exact) mass is 1130 g/mol. The third kappa shape index (κ3) is 63.1. The Kier molecular flexibility index (Phi) is 58.5. The summed E-state index contributed by atoms with van der Waals surface area (Å²) in [6.45, 7) is 4.61. The molecule has 0 aromatic rings. The van der Waals surface area contributed by atoms with Gasteiger partial charge in [0.2, 0.25) is 0 Å². The van der Waals surface area contributed by atoms with E-state index in [0.717, 1.165) is 103 Å². The number of carbonyl (C=O) groups is 3. The highest BCUT2D eigenvalue weighted by Gasteiger charge is 2.22. The first-order chi connectivity index (χ1) is 39.6. The number of hydrogen-bond donors (Lipinski definition) is 0. The Morgan fingerprint density at radius 1 is 0.383 bits per heavy atom. The molecule has 81 heavy (non-hydrogen) atoms. The molecule has 0 aliphatic heterocycles.